The highest BCUT2D eigenvalue weighted by Gasteiger charge is 2.30. The quantitative estimate of drug-likeness (QED) is 0.885. The van der Waals surface area contributed by atoms with Crippen LogP contribution in [0.15, 0.2) is 18.5 Å². The van der Waals surface area contributed by atoms with Crippen LogP contribution in [0.2, 0.25) is 0 Å². The van der Waals surface area contributed by atoms with E-state index in [1.54, 1.807) is 0 Å². The zero-order valence-corrected chi connectivity index (χ0v) is 11.9. The maximum absolute atomic E-state index is 5.90. The van der Waals surface area contributed by atoms with Crippen LogP contribution in [-0.4, -0.2) is 21.1 Å². The van der Waals surface area contributed by atoms with Gasteiger partial charge >= 0.3 is 0 Å². The smallest absolute Gasteiger partial charge is 0.117 e. The Balaban J connectivity index is 2.81. The molecule has 0 aromatic carbocycles. The minimum Gasteiger partial charge on any atom is -0.329 e. The average molecular weight is 246 g/mol. The van der Waals surface area contributed by atoms with Gasteiger partial charge in [0.1, 0.15) is 11.3 Å². The van der Waals surface area contributed by atoms with Crippen molar-refractivity contribution in [2.24, 2.45) is 5.73 Å². The number of aromatic nitrogens is 3. The highest BCUT2D eigenvalue weighted by Crippen LogP contribution is 2.31. The second kappa shape index (κ2) is 4.05. The molecule has 0 aliphatic rings. The van der Waals surface area contributed by atoms with Crippen molar-refractivity contribution in [3.63, 3.8) is 0 Å². The predicted molar refractivity (Wildman–Crippen MR) is 74.6 cm³/mol. The van der Waals surface area contributed by atoms with Crippen molar-refractivity contribution < 1.29 is 0 Å². The summed E-state index contributed by atoms with van der Waals surface area (Å²) >= 11 is 0. The monoisotopic (exact) mass is 246 g/mol. The van der Waals surface area contributed by atoms with Crippen LogP contribution in [0.3, 0.4) is 0 Å². The molecule has 0 atom stereocenters. The van der Waals surface area contributed by atoms with E-state index in [9.17, 15) is 0 Å². The Morgan fingerprint density at radius 3 is 2.44 bits per heavy atom. The van der Waals surface area contributed by atoms with Gasteiger partial charge in [-0.1, -0.05) is 13.8 Å². The van der Waals surface area contributed by atoms with E-state index in [1.807, 2.05) is 18.5 Å². The standard InChI is InChI=1S/C14H22N4/c1-13(2,3)18-11-6-7-16-8-10(11)17-12(18)14(4,5)9-15/h6-8H,9,15H2,1-5H3. The SMILES string of the molecule is CC(C)(CN)c1nc2cnccc2n1C(C)(C)C. The summed E-state index contributed by atoms with van der Waals surface area (Å²) in [4.78, 5) is 8.89. The number of nitrogens with zero attached hydrogens (tertiary/aromatic N) is 3. The molecule has 18 heavy (non-hydrogen) atoms. The van der Waals surface area contributed by atoms with Crippen LogP contribution in [-0.2, 0) is 11.0 Å². The number of rotatable bonds is 2. The van der Waals surface area contributed by atoms with Gasteiger partial charge in [0.15, 0.2) is 0 Å². The van der Waals surface area contributed by atoms with Crippen LogP contribution in [0.25, 0.3) is 11.0 Å². The number of pyridine rings is 1. The van der Waals surface area contributed by atoms with E-state index in [0.717, 1.165) is 16.9 Å². The average Bonchev–Trinajstić information content (AvgIpc) is 2.68. The van der Waals surface area contributed by atoms with E-state index >= 15 is 0 Å². The Hall–Kier alpha value is -1.42. The molecule has 0 unspecified atom stereocenters. The second-order valence-electron chi connectivity index (χ2n) is 6.39. The first-order chi connectivity index (χ1) is 8.27. The lowest BCUT2D eigenvalue weighted by Gasteiger charge is -2.31. The first-order valence-electron chi connectivity index (χ1n) is 6.31. The summed E-state index contributed by atoms with van der Waals surface area (Å²) in [7, 11) is 0. The molecule has 0 saturated heterocycles. The molecule has 4 heteroatoms. The van der Waals surface area contributed by atoms with Gasteiger partial charge in [-0.3, -0.25) is 4.98 Å². The molecule has 2 N–H and O–H groups in total. The van der Waals surface area contributed by atoms with Gasteiger partial charge in [0.05, 0.1) is 11.7 Å². The van der Waals surface area contributed by atoms with Crippen LogP contribution < -0.4 is 5.73 Å². The molecule has 0 fully saturated rings. The molecule has 0 aliphatic carbocycles. The summed E-state index contributed by atoms with van der Waals surface area (Å²) in [6, 6.07) is 2.02. The fourth-order valence-electron chi connectivity index (χ4n) is 2.16. The van der Waals surface area contributed by atoms with Gasteiger partial charge in [0, 0.05) is 23.7 Å². The summed E-state index contributed by atoms with van der Waals surface area (Å²) in [6.45, 7) is 11.4. The van der Waals surface area contributed by atoms with Gasteiger partial charge in [-0.05, 0) is 26.8 Å². The fourth-order valence-corrected chi connectivity index (χ4v) is 2.16. The fraction of sp³-hybridized carbons (Fsp3) is 0.571. The first kappa shape index (κ1) is 13.0. The third-order valence-corrected chi connectivity index (χ3v) is 3.24. The highest BCUT2D eigenvalue weighted by molar-refractivity contribution is 5.75. The largest absolute Gasteiger partial charge is 0.329 e. The van der Waals surface area contributed by atoms with Crippen molar-refractivity contribution in [1.82, 2.24) is 14.5 Å². The maximum Gasteiger partial charge on any atom is 0.117 e. The van der Waals surface area contributed by atoms with Gasteiger partial charge in [-0.15, -0.1) is 0 Å². The molecule has 2 heterocycles. The van der Waals surface area contributed by atoms with E-state index < -0.39 is 0 Å². The summed E-state index contributed by atoms with van der Waals surface area (Å²) in [5.74, 6) is 1.03. The van der Waals surface area contributed by atoms with Gasteiger partial charge < -0.3 is 10.3 Å². The van der Waals surface area contributed by atoms with Gasteiger partial charge in [0.25, 0.3) is 0 Å². The van der Waals surface area contributed by atoms with Crippen LogP contribution in [0.5, 0.6) is 0 Å². The number of hydrogen-bond acceptors (Lipinski definition) is 3. The minimum atomic E-state index is -0.147. The third kappa shape index (κ3) is 2.01. The van der Waals surface area contributed by atoms with Crippen molar-refractivity contribution >= 4 is 11.0 Å². The van der Waals surface area contributed by atoms with Crippen molar-refractivity contribution in [3.05, 3.63) is 24.3 Å². The van der Waals surface area contributed by atoms with Crippen LogP contribution in [0, 0.1) is 0 Å². The summed E-state index contributed by atoms with van der Waals surface area (Å²) in [5, 5.41) is 0. The maximum atomic E-state index is 5.90. The molecule has 0 saturated carbocycles. The lowest BCUT2D eigenvalue weighted by Crippen LogP contribution is -2.36. The summed E-state index contributed by atoms with van der Waals surface area (Å²) in [5.41, 5.74) is 7.78. The number of imidazole rings is 1. The molecule has 2 aromatic heterocycles. The number of hydrogen-bond donors (Lipinski definition) is 1. The van der Waals surface area contributed by atoms with Crippen LogP contribution in [0.4, 0.5) is 0 Å². The molecule has 0 radical (unpaired) electrons. The third-order valence-electron chi connectivity index (χ3n) is 3.24. The van der Waals surface area contributed by atoms with Gasteiger partial charge in [-0.25, -0.2) is 4.98 Å². The lowest BCUT2D eigenvalue weighted by molar-refractivity contribution is 0.357. The van der Waals surface area contributed by atoms with Crippen molar-refractivity contribution in [2.45, 2.75) is 45.6 Å². The van der Waals surface area contributed by atoms with E-state index in [0.29, 0.717) is 6.54 Å². The van der Waals surface area contributed by atoms with Crippen molar-refractivity contribution in [1.29, 1.82) is 0 Å². The predicted octanol–water partition coefficient (Wildman–Crippen LogP) is 2.42. The molecule has 0 spiro atoms. The summed E-state index contributed by atoms with van der Waals surface area (Å²) in [6.07, 6.45) is 3.62. The highest BCUT2D eigenvalue weighted by atomic mass is 15.1. The normalized spacial score (nSPS) is 13.2. The Bertz CT molecular complexity index is 561. The Kier molecular flexibility index (Phi) is 2.93. The molecule has 4 nitrogen and oxygen atoms in total. The lowest BCUT2D eigenvalue weighted by atomic mass is 9.91. The molecule has 98 valence electrons. The van der Waals surface area contributed by atoms with E-state index in [-0.39, 0.29) is 11.0 Å². The zero-order valence-electron chi connectivity index (χ0n) is 11.9. The Morgan fingerprint density at radius 1 is 1.22 bits per heavy atom. The second-order valence-corrected chi connectivity index (χ2v) is 6.39. The molecular formula is C14H22N4. The summed E-state index contributed by atoms with van der Waals surface area (Å²) < 4.78 is 2.27. The molecule has 0 bridgehead atoms. The number of fused-ring (bicyclic) bond motifs is 1. The minimum absolute atomic E-state index is 0.0299. The number of nitrogens with two attached hydrogens (primary N) is 1. The van der Waals surface area contributed by atoms with Crippen molar-refractivity contribution in [2.75, 3.05) is 6.54 Å². The topological polar surface area (TPSA) is 56.7 Å². The van der Waals surface area contributed by atoms with E-state index in [2.05, 4.69) is 44.2 Å². The zero-order chi connectivity index (χ0) is 13.6. The molecule has 2 aromatic rings. The van der Waals surface area contributed by atoms with E-state index in [4.69, 9.17) is 10.7 Å². The van der Waals surface area contributed by atoms with E-state index in [1.165, 1.54) is 0 Å². The van der Waals surface area contributed by atoms with Crippen LogP contribution in [0.1, 0.15) is 40.4 Å². The molecule has 0 aliphatic heterocycles. The van der Waals surface area contributed by atoms with Gasteiger partial charge in [0.2, 0.25) is 0 Å². The Morgan fingerprint density at radius 2 is 1.89 bits per heavy atom. The van der Waals surface area contributed by atoms with Crippen LogP contribution >= 0.6 is 0 Å². The molecule has 2 rings (SSSR count). The van der Waals surface area contributed by atoms with Crippen molar-refractivity contribution in [3.8, 4) is 0 Å². The first-order valence-corrected chi connectivity index (χ1v) is 6.31. The van der Waals surface area contributed by atoms with Gasteiger partial charge in [-0.2, -0.15) is 0 Å². The molecular weight excluding hydrogens is 224 g/mol. The molecule has 0 amide bonds. The Labute approximate surface area is 108 Å².